The molecule has 0 bridgehead atoms. The molecule has 0 aliphatic heterocycles. The van der Waals surface area contributed by atoms with Crippen molar-refractivity contribution in [1.29, 1.82) is 5.26 Å². The Hall–Kier alpha value is -1.60. The Morgan fingerprint density at radius 1 is 1.50 bits per heavy atom. The summed E-state index contributed by atoms with van der Waals surface area (Å²) < 4.78 is 13.5. The molecule has 0 aromatic heterocycles. The molecule has 2 N–H and O–H groups in total. The number of nitriles is 1. The van der Waals surface area contributed by atoms with Crippen molar-refractivity contribution in [2.45, 2.75) is 32.4 Å². The number of hydrogen-bond acceptors (Lipinski definition) is 3. The average Bonchev–Trinajstić information content (AvgIpc) is 2.19. The van der Waals surface area contributed by atoms with Crippen molar-refractivity contribution in [1.82, 2.24) is 0 Å². The second-order valence-electron chi connectivity index (χ2n) is 3.94. The lowest BCUT2D eigenvalue weighted by Gasteiger charge is -2.17. The van der Waals surface area contributed by atoms with Gasteiger partial charge in [0.1, 0.15) is 5.82 Å². The Kier molecular flexibility index (Phi) is 4.27. The molecular formula is C12H15FN2O. The fourth-order valence-electron chi connectivity index (χ4n) is 1.54. The number of benzene rings is 1. The first kappa shape index (κ1) is 12.5. The minimum Gasteiger partial charge on any atom is -0.393 e. The number of hydrogen-bond donors (Lipinski definition) is 2. The number of aliphatic hydroxyl groups excluding tert-OH is 1. The Balaban J connectivity index is 2.71. The van der Waals surface area contributed by atoms with Crippen LogP contribution in [0.1, 0.15) is 25.8 Å². The van der Waals surface area contributed by atoms with Gasteiger partial charge in [-0.1, -0.05) is 0 Å². The van der Waals surface area contributed by atoms with E-state index in [9.17, 15) is 9.50 Å². The van der Waals surface area contributed by atoms with Crippen LogP contribution in [0.4, 0.5) is 10.1 Å². The second kappa shape index (κ2) is 5.47. The number of nitrogens with zero attached hydrogens (tertiary/aromatic N) is 1. The zero-order chi connectivity index (χ0) is 12.1. The van der Waals surface area contributed by atoms with E-state index >= 15 is 0 Å². The summed E-state index contributed by atoms with van der Waals surface area (Å²) in [6.07, 6.45) is 0.114. The highest BCUT2D eigenvalue weighted by Crippen LogP contribution is 2.17. The summed E-state index contributed by atoms with van der Waals surface area (Å²) in [6, 6.07) is 6.13. The predicted molar refractivity (Wildman–Crippen MR) is 60.5 cm³/mol. The Labute approximate surface area is 94.5 Å². The topological polar surface area (TPSA) is 56.0 Å². The largest absolute Gasteiger partial charge is 0.393 e. The van der Waals surface area contributed by atoms with Crippen molar-refractivity contribution in [3.63, 3.8) is 0 Å². The molecule has 0 heterocycles. The van der Waals surface area contributed by atoms with E-state index < -0.39 is 11.9 Å². The first-order valence-corrected chi connectivity index (χ1v) is 5.17. The van der Waals surface area contributed by atoms with Gasteiger partial charge in [0.05, 0.1) is 23.4 Å². The highest BCUT2D eigenvalue weighted by atomic mass is 19.1. The highest BCUT2D eigenvalue weighted by molar-refractivity contribution is 5.49. The van der Waals surface area contributed by atoms with Crippen LogP contribution in [0.3, 0.4) is 0 Å². The summed E-state index contributed by atoms with van der Waals surface area (Å²) in [5.74, 6) is -0.448. The van der Waals surface area contributed by atoms with E-state index in [1.54, 1.807) is 13.0 Å². The molecule has 86 valence electrons. The molecule has 0 amide bonds. The average molecular weight is 222 g/mol. The minimum atomic E-state index is -0.448. The van der Waals surface area contributed by atoms with Gasteiger partial charge in [0.15, 0.2) is 0 Å². The van der Waals surface area contributed by atoms with Crippen molar-refractivity contribution in [2.75, 3.05) is 5.32 Å². The van der Waals surface area contributed by atoms with Crippen molar-refractivity contribution >= 4 is 5.69 Å². The van der Waals surface area contributed by atoms with E-state index in [4.69, 9.17) is 5.26 Å². The molecule has 0 saturated heterocycles. The smallest absolute Gasteiger partial charge is 0.147 e. The van der Waals surface area contributed by atoms with E-state index in [0.29, 0.717) is 17.7 Å². The van der Waals surface area contributed by atoms with Gasteiger partial charge in [-0.25, -0.2) is 4.39 Å². The Morgan fingerprint density at radius 2 is 2.19 bits per heavy atom. The van der Waals surface area contributed by atoms with E-state index in [2.05, 4.69) is 5.32 Å². The molecule has 2 atom stereocenters. The van der Waals surface area contributed by atoms with E-state index in [1.165, 1.54) is 12.1 Å². The lowest BCUT2D eigenvalue weighted by molar-refractivity contribution is 0.179. The first-order chi connectivity index (χ1) is 7.52. The van der Waals surface area contributed by atoms with Gasteiger partial charge in [0.25, 0.3) is 0 Å². The molecule has 0 aliphatic carbocycles. The van der Waals surface area contributed by atoms with Gasteiger partial charge in [-0.2, -0.15) is 5.26 Å². The number of halogens is 1. The molecule has 0 radical (unpaired) electrons. The van der Waals surface area contributed by atoms with Crippen LogP contribution in [-0.2, 0) is 0 Å². The zero-order valence-corrected chi connectivity index (χ0v) is 9.37. The van der Waals surface area contributed by atoms with Crippen molar-refractivity contribution in [3.8, 4) is 6.07 Å². The Morgan fingerprint density at radius 3 is 2.69 bits per heavy atom. The summed E-state index contributed by atoms with van der Waals surface area (Å²) in [4.78, 5) is 0. The third kappa shape index (κ3) is 3.52. The molecule has 0 spiro atoms. The van der Waals surface area contributed by atoms with E-state index in [0.717, 1.165) is 0 Å². The lowest BCUT2D eigenvalue weighted by atomic mass is 10.1. The number of aliphatic hydroxyl groups is 1. The van der Waals surface area contributed by atoms with Crippen LogP contribution in [0, 0.1) is 17.1 Å². The van der Waals surface area contributed by atoms with Crippen LogP contribution in [0.15, 0.2) is 18.2 Å². The second-order valence-corrected chi connectivity index (χ2v) is 3.94. The van der Waals surface area contributed by atoms with Gasteiger partial charge < -0.3 is 10.4 Å². The van der Waals surface area contributed by atoms with Crippen LogP contribution in [0.5, 0.6) is 0 Å². The maximum Gasteiger partial charge on any atom is 0.147 e. The van der Waals surface area contributed by atoms with Crippen LogP contribution in [0.25, 0.3) is 0 Å². The third-order valence-electron chi connectivity index (χ3n) is 2.19. The summed E-state index contributed by atoms with van der Waals surface area (Å²) >= 11 is 0. The third-order valence-corrected chi connectivity index (χ3v) is 2.19. The van der Waals surface area contributed by atoms with Gasteiger partial charge in [-0.05, 0) is 38.5 Å². The normalized spacial score (nSPS) is 13.9. The Bertz CT molecular complexity index is 398. The standard InChI is InChI=1S/C12H15FN2O/c1-8(5-9(2)16)15-12-4-3-10(7-14)6-11(12)13/h3-4,6,8-9,15-16H,5H2,1-2H3. The number of rotatable bonds is 4. The van der Waals surface area contributed by atoms with Crippen LogP contribution in [0.2, 0.25) is 0 Å². The fourth-order valence-corrected chi connectivity index (χ4v) is 1.54. The molecule has 2 unspecified atom stereocenters. The van der Waals surface area contributed by atoms with Crippen molar-refractivity contribution < 1.29 is 9.50 Å². The molecule has 4 heteroatoms. The van der Waals surface area contributed by atoms with Crippen LogP contribution >= 0.6 is 0 Å². The van der Waals surface area contributed by atoms with Gasteiger partial charge in [-0.15, -0.1) is 0 Å². The van der Waals surface area contributed by atoms with Crippen LogP contribution in [-0.4, -0.2) is 17.3 Å². The molecule has 0 aliphatic rings. The molecular weight excluding hydrogens is 207 g/mol. The maximum absolute atomic E-state index is 13.5. The van der Waals surface area contributed by atoms with Gasteiger partial charge in [0.2, 0.25) is 0 Å². The monoisotopic (exact) mass is 222 g/mol. The quantitative estimate of drug-likeness (QED) is 0.821. The van der Waals surface area contributed by atoms with Crippen molar-refractivity contribution in [3.05, 3.63) is 29.6 Å². The predicted octanol–water partition coefficient (Wildman–Crippen LogP) is 2.27. The summed E-state index contributed by atoms with van der Waals surface area (Å²) in [6.45, 7) is 3.55. The lowest BCUT2D eigenvalue weighted by Crippen LogP contribution is -2.21. The zero-order valence-electron chi connectivity index (χ0n) is 9.37. The van der Waals surface area contributed by atoms with E-state index in [-0.39, 0.29) is 6.04 Å². The fraction of sp³-hybridized carbons (Fsp3) is 0.417. The van der Waals surface area contributed by atoms with Gasteiger partial charge in [0, 0.05) is 6.04 Å². The first-order valence-electron chi connectivity index (χ1n) is 5.17. The summed E-state index contributed by atoms with van der Waals surface area (Å²) in [7, 11) is 0. The number of nitrogens with one attached hydrogen (secondary N) is 1. The molecule has 3 nitrogen and oxygen atoms in total. The SMILES string of the molecule is CC(O)CC(C)Nc1ccc(C#N)cc1F. The molecule has 16 heavy (non-hydrogen) atoms. The van der Waals surface area contributed by atoms with Gasteiger partial charge in [-0.3, -0.25) is 0 Å². The van der Waals surface area contributed by atoms with Crippen LogP contribution < -0.4 is 5.32 Å². The molecule has 0 saturated carbocycles. The summed E-state index contributed by atoms with van der Waals surface area (Å²) in [5.41, 5.74) is 0.651. The minimum absolute atomic E-state index is 0.0255. The molecule has 1 aromatic carbocycles. The summed E-state index contributed by atoms with van der Waals surface area (Å²) in [5, 5.41) is 20.7. The number of anilines is 1. The molecule has 0 fully saturated rings. The molecule has 1 rings (SSSR count). The highest BCUT2D eigenvalue weighted by Gasteiger charge is 2.09. The van der Waals surface area contributed by atoms with Crippen molar-refractivity contribution in [2.24, 2.45) is 0 Å². The maximum atomic E-state index is 13.5. The molecule has 1 aromatic rings. The van der Waals surface area contributed by atoms with E-state index in [1.807, 2.05) is 13.0 Å². The van der Waals surface area contributed by atoms with Gasteiger partial charge >= 0.3 is 0 Å².